The lowest BCUT2D eigenvalue weighted by molar-refractivity contribution is 0.630. The molecule has 0 amide bonds. The maximum absolute atomic E-state index is 14.1. The molecule has 2 N–H and O–H groups in total. The summed E-state index contributed by atoms with van der Waals surface area (Å²) in [4.78, 5) is 17.2. The van der Waals surface area contributed by atoms with Crippen molar-refractivity contribution < 1.29 is 4.39 Å². The van der Waals surface area contributed by atoms with E-state index in [-0.39, 0.29) is 22.3 Å². The van der Waals surface area contributed by atoms with Crippen LogP contribution in [0.1, 0.15) is 24.4 Å². The second-order valence-electron chi connectivity index (χ2n) is 5.17. The molecule has 2 aromatic carbocycles. The number of hydrogen-bond acceptors (Lipinski definition) is 4. The third-order valence-corrected chi connectivity index (χ3v) is 3.54. The van der Waals surface area contributed by atoms with Gasteiger partial charge in [-0.05, 0) is 31.2 Å². The minimum absolute atomic E-state index is 0.0410. The molecule has 23 heavy (non-hydrogen) atoms. The van der Waals surface area contributed by atoms with E-state index in [0.29, 0.717) is 5.69 Å². The molecule has 6 heteroatoms. The second kappa shape index (κ2) is 5.63. The average Bonchev–Trinajstić information content (AvgIpc) is 2.56. The van der Waals surface area contributed by atoms with E-state index in [1.165, 1.54) is 10.6 Å². The Morgan fingerprint density at radius 3 is 2.57 bits per heavy atom. The van der Waals surface area contributed by atoms with E-state index in [1.54, 1.807) is 31.2 Å². The number of hydrogen-bond donors (Lipinski definition) is 1. The first-order valence-corrected chi connectivity index (χ1v) is 7.01. The fraction of sp³-hybridized carbons (Fsp3) is 0.118. The van der Waals surface area contributed by atoms with E-state index in [2.05, 4.69) is 4.98 Å². The topological polar surface area (TPSA) is 84.7 Å². The SMILES string of the molecule is CC(N)c1nc2c(F)ccc(C#N)c2c(=O)n1-c1ccccc1. The Labute approximate surface area is 131 Å². The first-order chi connectivity index (χ1) is 11.0. The molecule has 1 atom stereocenters. The normalized spacial score (nSPS) is 12.1. The lowest BCUT2D eigenvalue weighted by Gasteiger charge is -2.16. The number of halogens is 1. The predicted molar refractivity (Wildman–Crippen MR) is 84.6 cm³/mol. The van der Waals surface area contributed by atoms with E-state index < -0.39 is 17.4 Å². The van der Waals surface area contributed by atoms with Gasteiger partial charge in [0.2, 0.25) is 0 Å². The lowest BCUT2D eigenvalue weighted by atomic mass is 10.1. The molecule has 114 valence electrons. The summed E-state index contributed by atoms with van der Waals surface area (Å²) in [7, 11) is 0. The molecule has 0 aliphatic heterocycles. The highest BCUT2D eigenvalue weighted by molar-refractivity contribution is 5.84. The van der Waals surface area contributed by atoms with E-state index in [1.807, 2.05) is 12.1 Å². The van der Waals surface area contributed by atoms with Crippen molar-refractivity contribution in [2.45, 2.75) is 13.0 Å². The van der Waals surface area contributed by atoms with Gasteiger partial charge in [0.1, 0.15) is 23.2 Å². The van der Waals surface area contributed by atoms with Gasteiger partial charge >= 0.3 is 0 Å². The first kappa shape index (κ1) is 14.9. The molecule has 1 aromatic heterocycles. The summed E-state index contributed by atoms with van der Waals surface area (Å²) in [6, 6.07) is 12.6. The van der Waals surface area contributed by atoms with Crippen molar-refractivity contribution in [3.05, 3.63) is 70.0 Å². The van der Waals surface area contributed by atoms with Gasteiger partial charge in [0.05, 0.1) is 22.7 Å². The monoisotopic (exact) mass is 308 g/mol. The number of nitrogens with zero attached hydrogens (tertiary/aromatic N) is 3. The molecule has 0 bridgehead atoms. The van der Waals surface area contributed by atoms with Crippen molar-refractivity contribution in [3.8, 4) is 11.8 Å². The van der Waals surface area contributed by atoms with Gasteiger partial charge in [-0.1, -0.05) is 18.2 Å². The Kier molecular flexibility index (Phi) is 3.64. The van der Waals surface area contributed by atoms with Crippen LogP contribution >= 0.6 is 0 Å². The zero-order chi connectivity index (χ0) is 16.6. The molecule has 0 aliphatic carbocycles. The molecular formula is C17H13FN4O. The highest BCUT2D eigenvalue weighted by Crippen LogP contribution is 2.21. The Hall–Kier alpha value is -3.04. The van der Waals surface area contributed by atoms with Gasteiger partial charge in [-0.2, -0.15) is 5.26 Å². The fourth-order valence-electron chi connectivity index (χ4n) is 2.50. The number of aromatic nitrogens is 2. The number of rotatable bonds is 2. The van der Waals surface area contributed by atoms with Crippen LogP contribution in [-0.2, 0) is 0 Å². The minimum Gasteiger partial charge on any atom is -0.322 e. The maximum Gasteiger partial charge on any atom is 0.267 e. The molecule has 0 saturated heterocycles. The van der Waals surface area contributed by atoms with Crippen LogP contribution in [-0.4, -0.2) is 9.55 Å². The molecule has 0 spiro atoms. The Bertz CT molecular complexity index is 987. The first-order valence-electron chi connectivity index (χ1n) is 7.01. The summed E-state index contributed by atoms with van der Waals surface area (Å²) in [6.07, 6.45) is 0. The molecule has 5 nitrogen and oxygen atoms in total. The van der Waals surface area contributed by atoms with Crippen LogP contribution in [0.25, 0.3) is 16.6 Å². The Morgan fingerprint density at radius 2 is 1.96 bits per heavy atom. The van der Waals surface area contributed by atoms with Crippen molar-refractivity contribution in [2.24, 2.45) is 5.73 Å². The zero-order valence-electron chi connectivity index (χ0n) is 12.3. The van der Waals surface area contributed by atoms with Gasteiger partial charge in [-0.15, -0.1) is 0 Å². The van der Waals surface area contributed by atoms with Gasteiger partial charge in [0, 0.05) is 0 Å². The molecule has 3 rings (SSSR count). The van der Waals surface area contributed by atoms with Crippen molar-refractivity contribution >= 4 is 10.9 Å². The average molecular weight is 308 g/mol. The van der Waals surface area contributed by atoms with Crippen LogP contribution in [0.15, 0.2) is 47.3 Å². The Balaban J connectivity index is 2.54. The molecular weight excluding hydrogens is 295 g/mol. The van der Waals surface area contributed by atoms with Crippen molar-refractivity contribution in [1.29, 1.82) is 5.26 Å². The van der Waals surface area contributed by atoms with E-state index in [0.717, 1.165) is 6.07 Å². The summed E-state index contributed by atoms with van der Waals surface area (Å²) < 4.78 is 15.4. The predicted octanol–water partition coefficient (Wildman–Crippen LogP) is 2.42. The fourth-order valence-corrected chi connectivity index (χ4v) is 2.50. The third-order valence-electron chi connectivity index (χ3n) is 3.54. The van der Waals surface area contributed by atoms with E-state index in [9.17, 15) is 14.4 Å². The largest absolute Gasteiger partial charge is 0.322 e. The molecule has 0 saturated carbocycles. The van der Waals surface area contributed by atoms with Gasteiger partial charge < -0.3 is 5.73 Å². The smallest absolute Gasteiger partial charge is 0.267 e. The number of para-hydroxylation sites is 1. The molecule has 1 heterocycles. The summed E-state index contributed by atoms with van der Waals surface area (Å²) in [5, 5.41) is 9.18. The molecule has 0 radical (unpaired) electrons. The number of nitriles is 1. The van der Waals surface area contributed by atoms with Crippen molar-refractivity contribution in [3.63, 3.8) is 0 Å². The van der Waals surface area contributed by atoms with Gasteiger partial charge in [-0.25, -0.2) is 9.37 Å². The lowest BCUT2D eigenvalue weighted by Crippen LogP contribution is -2.28. The molecule has 3 aromatic rings. The molecule has 0 fully saturated rings. The number of nitrogens with two attached hydrogens (primary N) is 1. The van der Waals surface area contributed by atoms with Crippen LogP contribution in [0.5, 0.6) is 0 Å². The van der Waals surface area contributed by atoms with Crippen molar-refractivity contribution in [1.82, 2.24) is 9.55 Å². The number of fused-ring (bicyclic) bond motifs is 1. The summed E-state index contributed by atoms with van der Waals surface area (Å²) in [5.41, 5.74) is 5.93. The molecule has 0 aliphatic rings. The van der Waals surface area contributed by atoms with Gasteiger partial charge in [0.15, 0.2) is 0 Å². The summed E-state index contributed by atoms with van der Waals surface area (Å²) in [6.45, 7) is 1.67. The van der Waals surface area contributed by atoms with Crippen LogP contribution in [0.3, 0.4) is 0 Å². The maximum atomic E-state index is 14.1. The van der Waals surface area contributed by atoms with Crippen LogP contribution < -0.4 is 11.3 Å². The highest BCUT2D eigenvalue weighted by Gasteiger charge is 2.19. The van der Waals surface area contributed by atoms with Crippen LogP contribution in [0.4, 0.5) is 4.39 Å². The van der Waals surface area contributed by atoms with Gasteiger partial charge in [0.25, 0.3) is 5.56 Å². The quantitative estimate of drug-likeness (QED) is 0.788. The Morgan fingerprint density at radius 1 is 1.26 bits per heavy atom. The highest BCUT2D eigenvalue weighted by atomic mass is 19.1. The van der Waals surface area contributed by atoms with Crippen LogP contribution in [0, 0.1) is 17.1 Å². The van der Waals surface area contributed by atoms with Crippen molar-refractivity contribution in [2.75, 3.05) is 0 Å². The van der Waals surface area contributed by atoms with E-state index in [4.69, 9.17) is 5.73 Å². The minimum atomic E-state index is -0.654. The summed E-state index contributed by atoms with van der Waals surface area (Å²) >= 11 is 0. The molecule has 1 unspecified atom stereocenters. The van der Waals surface area contributed by atoms with Crippen LogP contribution in [0.2, 0.25) is 0 Å². The third kappa shape index (κ3) is 2.37. The van der Waals surface area contributed by atoms with Gasteiger partial charge in [-0.3, -0.25) is 9.36 Å². The van der Waals surface area contributed by atoms with E-state index >= 15 is 0 Å². The second-order valence-corrected chi connectivity index (χ2v) is 5.17. The standard InChI is InChI=1S/C17H13FN4O/c1-10(20)16-21-15-13(18)8-7-11(9-19)14(15)17(23)22(16)12-5-3-2-4-6-12/h2-8,10H,20H2,1H3. The zero-order valence-corrected chi connectivity index (χ0v) is 12.3. The number of benzene rings is 2. The summed E-state index contributed by atoms with van der Waals surface area (Å²) in [5.74, 6) is -0.416.